The maximum atomic E-state index is 12.2. The van der Waals surface area contributed by atoms with E-state index in [1.807, 2.05) is 0 Å². The number of ether oxygens (including phenoxy) is 2. The minimum Gasteiger partial charge on any atom is -0.508 e. The molecule has 0 spiro atoms. The summed E-state index contributed by atoms with van der Waals surface area (Å²) in [6, 6.07) is 9.43. The SMILES string of the molecule is COc1ccc(C(=O)C=Cc2ccc(O)cc2)c(O)c1OC. The highest BCUT2D eigenvalue weighted by molar-refractivity contribution is 6.09. The number of methoxy groups -OCH3 is 2. The molecule has 2 aromatic rings. The molecule has 5 heteroatoms. The Balaban J connectivity index is 2.28. The summed E-state index contributed by atoms with van der Waals surface area (Å²) < 4.78 is 10.1. The van der Waals surface area contributed by atoms with Crippen LogP contribution >= 0.6 is 0 Å². The second-order valence-electron chi connectivity index (χ2n) is 4.49. The first kappa shape index (κ1) is 15.4. The Bertz CT molecular complexity index is 702. The molecule has 0 saturated carbocycles. The van der Waals surface area contributed by atoms with Gasteiger partial charge >= 0.3 is 0 Å². The summed E-state index contributed by atoms with van der Waals surface area (Å²) in [5.41, 5.74) is 0.874. The van der Waals surface area contributed by atoms with Crippen LogP contribution in [0.1, 0.15) is 15.9 Å². The van der Waals surface area contributed by atoms with E-state index in [1.54, 1.807) is 24.3 Å². The molecule has 2 rings (SSSR count). The molecule has 0 radical (unpaired) electrons. The van der Waals surface area contributed by atoms with Gasteiger partial charge in [0.1, 0.15) is 5.75 Å². The minimum absolute atomic E-state index is 0.117. The number of phenols is 2. The Morgan fingerprint density at radius 3 is 2.27 bits per heavy atom. The highest BCUT2D eigenvalue weighted by atomic mass is 16.5. The molecule has 0 unspecified atom stereocenters. The first-order valence-corrected chi connectivity index (χ1v) is 6.52. The van der Waals surface area contributed by atoms with Crippen molar-refractivity contribution < 1.29 is 24.5 Å². The van der Waals surface area contributed by atoms with Crippen LogP contribution in [0.25, 0.3) is 6.08 Å². The Labute approximate surface area is 128 Å². The topological polar surface area (TPSA) is 76.0 Å². The molecule has 0 amide bonds. The molecule has 114 valence electrons. The summed E-state index contributed by atoms with van der Waals surface area (Å²) in [7, 11) is 2.83. The summed E-state index contributed by atoms with van der Waals surface area (Å²) >= 11 is 0. The van der Waals surface area contributed by atoms with Crippen LogP contribution in [0.2, 0.25) is 0 Å². The molecule has 2 aromatic carbocycles. The molecule has 2 N–H and O–H groups in total. The van der Waals surface area contributed by atoms with E-state index < -0.39 is 0 Å². The van der Waals surface area contributed by atoms with E-state index in [-0.39, 0.29) is 28.6 Å². The largest absolute Gasteiger partial charge is 0.508 e. The predicted octanol–water partition coefficient (Wildman–Crippen LogP) is 3.01. The van der Waals surface area contributed by atoms with Crippen molar-refractivity contribution in [2.75, 3.05) is 14.2 Å². The summed E-state index contributed by atoms with van der Waals surface area (Å²) in [4.78, 5) is 12.2. The van der Waals surface area contributed by atoms with Crippen molar-refractivity contribution in [2.24, 2.45) is 0 Å². The molecule has 0 saturated heterocycles. The zero-order chi connectivity index (χ0) is 16.1. The number of ketones is 1. The summed E-state index contributed by atoms with van der Waals surface area (Å²) in [6.45, 7) is 0. The van der Waals surface area contributed by atoms with Gasteiger partial charge in [0.25, 0.3) is 0 Å². The van der Waals surface area contributed by atoms with Gasteiger partial charge in [0, 0.05) is 0 Å². The maximum absolute atomic E-state index is 12.2. The summed E-state index contributed by atoms with van der Waals surface area (Å²) in [5.74, 6) is -0.0137. The minimum atomic E-state index is -0.369. The smallest absolute Gasteiger partial charge is 0.203 e. The Kier molecular flexibility index (Phi) is 4.68. The average Bonchev–Trinajstić information content (AvgIpc) is 2.53. The van der Waals surface area contributed by atoms with Crippen molar-refractivity contribution in [1.29, 1.82) is 0 Å². The monoisotopic (exact) mass is 300 g/mol. The average molecular weight is 300 g/mol. The van der Waals surface area contributed by atoms with Gasteiger partial charge in [-0.25, -0.2) is 0 Å². The van der Waals surface area contributed by atoms with E-state index in [9.17, 15) is 15.0 Å². The molecular weight excluding hydrogens is 284 g/mol. The van der Waals surface area contributed by atoms with Crippen LogP contribution in [0, 0.1) is 0 Å². The molecule has 0 bridgehead atoms. The standard InChI is InChI=1S/C17H16O5/c1-21-15-10-8-13(16(20)17(15)22-2)14(19)9-5-11-3-6-12(18)7-4-11/h3-10,18,20H,1-2H3. The number of carbonyl (C=O) groups is 1. The molecule has 0 atom stereocenters. The Morgan fingerprint density at radius 2 is 1.68 bits per heavy atom. The van der Waals surface area contributed by atoms with E-state index in [2.05, 4.69) is 0 Å². The third-order valence-electron chi connectivity index (χ3n) is 3.11. The zero-order valence-electron chi connectivity index (χ0n) is 12.2. The molecule has 5 nitrogen and oxygen atoms in total. The van der Waals surface area contributed by atoms with Crippen molar-refractivity contribution >= 4 is 11.9 Å². The van der Waals surface area contributed by atoms with Gasteiger partial charge in [-0.05, 0) is 35.9 Å². The Hall–Kier alpha value is -2.95. The van der Waals surface area contributed by atoms with Crippen LogP contribution in [0.15, 0.2) is 42.5 Å². The normalized spacial score (nSPS) is 10.6. The second kappa shape index (κ2) is 6.67. The van der Waals surface area contributed by atoms with Gasteiger partial charge in [-0.1, -0.05) is 18.2 Å². The molecule has 0 aliphatic heterocycles. The number of carbonyl (C=O) groups excluding carboxylic acids is 1. The lowest BCUT2D eigenvalue weighted by Crippen LogP contribution is -1.99. The molecule has 0 heterocycles. The number of phenolic OH excluding ortho intramolecular Hbond substituents is 2. The van der Waals surface area contributed by atoms with E-state index in [4.69, 9.17) is 9.47 Å². The summed E-state index contributed by atoms with van der Waals surface area (Å²) in [5, 5.41) is 19.3. The van der Waals surface area contributed by atoms with Crippen LogP contribution in [0.4, 0.5) is 0 Å². The van der Waals surface area contributed by atoms with Crippen molar-refractivity contribution in [2.45, 2.75) is 0 Å². The second-order valence-corrected chi connectivity index (χ2v) is 4.49. The van der Waals surface area contributed by atoms with Gasteiger partial charge < -0.3 is 19.7 Å². The van der Waals surface area contributed by atoms with Gasteiger partial charge in [-0.3, -0.25) is 4.79 Å². The van der Waals surface area contributed by atoms with Crippen LogP contribution in [-0.4, -0.2) is 30.2 Å². The number of allylic oxidation sites excluding steroid dienone is 1. The fourth-order valence-corrected chi connectivity index (χ4v) is 1.96. The maximum Gasteiger partial charge on any atom is 0.203 e. The molecular formula is C17H16O5. The summed E-state index contributed by atoms with van der Waals surface area (Å²) in [6.07, 6.45) is 2.94. The lowest BCUT2D eigenvalue weighted by molar-refractivity contribution is 0.104. The molecule has 22 heavy (non-hydrogen) atoms. The number of hydrogen-bond donors (Lipinski definition) is 2. The molecule has 0 fully saturated rings. The highest BCUT2D eigenvalue weighted by Crippen LogP contribution is 2.39. The van der Waals surface area contributed by atoms with Crippen LogP contribution in [0.5, 0.6) is 23.0 Å². The Morgan fingerprint density at radius 1 is 1.00 bits per heavy atom. The van der Waals surface area contributed by atoms with Crippen molar-refractivity contribution in [1.82, 2.24) is 0 Å². The molecule has 0 aromatic heterocycles. The first-order valence-electron chi connectivity index (χ1n) is 6.52. The third kappa shape index (κ3) is 3.20. The fraction of sp³-hybridized carbons (Fsp3) is 0.118. The molecule has 0 aliphatic rings. The number of benzene rings is 2. The highest BCUT2D eigenvalue weighted by Gasteiger charge is 2.17. The van der Waals surface area contributed by atoms with E-state index >= 15 is 0 Å². The number of rotatable bonds is 5. The fourth-order valence-electron chi connectivity index (χ4n) is 1.96. The van der Waals surface area contributed by atoms with Crippen molar-refractivity contribution in [3.63, 3.8) is 0 Å². The van der Waals surface area contributed by atoms with Gasteiger partial charge in [0.15, 0.2) is 17.3 Å². The van der Waals surface area contributed by atoms with Crippen LogP contribution < -0.4 is 9.47 Å². The number of aromatic hydroxyl groups is 2. The predicted molar refractivity (Wildman–Crippen MR) is 82.7 cm³/mol. The van der Waals surface area contributed by atoms with Crippen LogP contribution in [-0.2, 0) is 0 Å². The van der Waals surface area contributed by atoms with Gasteiger partial charge in [-0.15, -0.1) is 0 Å². The van der Waals surface area contributed by atoms with Gasteiger partial charge in [-0.2, -0.15) is 0 Å². The lowest BCUT2D eigenvalue weighted by atomic mass is 10.1. The quantitative estimate of drug-likeness (QED) is 0.655. The third-order valence-corrected chi connectivity index (χ3v) is 3.11. The lowest BCUT2D eigenvalue weighted by Gasteiger charge is -2.11. The van der Waals surface area contributed by atoms with Gasteiger partial charge in [0.2, 0.25) is 5.75 Å². The van der Waals surface area contributed by atoms with E-state index in [0.717, 1.165) is 5.56 Å². The van der Waals surface area contributed by atoms with E-state index in [1.165, 1.54) is 38.5 Å². The van der Waals surface area contributed by atoms with Crippen molar-refractivity contribution in [3.8, 4) is 23.0 Å². The van der Waals surface area contributed by atoms with Crippen LogP contribution in [0.3, 0.4) is 0 Å². The number of hydrogen-bond acceptors (Lipinski definition) is 5. The van der Waals surface area contributed by atoms with Crippen molar-refractivity contribution in [3.05, 3.63) is 53.6 Å². The molecule has 0 aliphatic carbocycles. The first-order chi connectivity index (χ1) is 10.6. The zero-order valence-corrected chi connectivity index (χ0v) is 12.2. The van der Waals surface area contributed by atoms with E-state index in [0.29, 0.717) is 5.75 Å². The van der Waals surface area contributed by atoms with Gasteiger partial charge in [0.05, 0.1) is 19.8 Å².